The molecule has 1 aliphatic heterocycles. The molecular weight excluding hydrogens is 192 g/mol. The number of amides is 1. The van der Waals surface area contributed by atoms with Crippen LogP contribution >= 0.6 is 0 Å². The first-order valence-electron chi connectivity index (χ1n) is 5.95. The van der Waals surface area contributed by atoms with Crippen LogP contribution in [0.2, 0.25) is 0 Å². The first kappa shape index (κ1) is 10.9. The van der Waals surface area contributed by atoms with Gasteiger partial charge < -0.3 is 9.74 Å². The van der Waals surface area contributed by atoms with E-state index in [4.69, 9.17) is 10.7 Å². The molecule has 0 bridgehead atoms. The molecule has 1 atom stereocenters. The Kier molecular flexibility index (Phi) is 3.59. The third-order valence-corrected chi connectivity index (χ3v) is 3.65. The molecule has 4 nitrogen and oxygen atoms in total. The fourth-order valence-electron chi connectivity index (χ4n) is 2.46. The summed E-state index contributed by atoms with van der Waals surface area (Å²) in [6, 6.07) is 0.219. The molecule has 1 aliphatic carbocycles. The topological polar surface area (TPSA) is 55.6 Å². The number of hydrogen-bond donors (Lipinski definition) is 1. The van der Waals surface area contributed by atoms with Crippen molar-refractivity contribution in [1.82, 2.24) is 4.90 Å². The van der Waals surface area contributed by atoms with Crippen molar-refractivity contribution < 1.29 is 9.63 Å². The highest BCUT2D eigenvalue weighted by Gasteiger charge is 2.34. The van der Waals surface area contributed by atoms with Gasteiger partial charge in [0.2, 0.25) is 5.91 Å². The molecule has 1 unspecified atom stereocenters. The molecule has 0 spiro atoms. The number of rotatable bonds is 3. The lowest BCUT2D eigenvalue weighted by Crippen LogP contribution is -2.49. The van der Waals surface area contributed by atoms with E-state index in [2.05, 4.69) is 0 Å². The molecule has 0 aromatic carbocycles. The lowest BCUT2D eigenvalue weighted by molar-refractivity contribution is -0.143. The van der Waals surface area contributed by atoms with Crippen LogP contribution in [0, 0.1) is 5.92 Å². The molecule has 0 aromatic heterocycles. The van der Waals surface area contributed by atoms with Crippen molar-refractivity contribution >= 4 is 5.91 Å². The normalized spacial score (nSPS) is 27.5. The first-order chi connectivity index (χ1) is 7.33. The van der Waals surface area contributed by atoms with Gasteiger partial charge in [-0.1, -0.05) is 6.42 Å². The standard InChI is InChI=1S/C11H20N2O2/c12-15-8-10-6-1-2-7-13(10)11(14)9-4-3-5-9/h9-10H,1-8,12H2. The molecule has 2 rings (SSSR count). The van der Waals surface area contributed by atoms with Gasteiger partial charge in [0, 0.05) is 12.5 Å². The van der Waals surface area contributed by atoms with Crippen molar-refractivity contribution in [3.63, 3.8) is 0 Å². The van der Waals surface area contributed by atoms with Crippen LogP contribution in [0.4, 0.5) is 0 Å². The quantitative estimate of drug-likeness (QED) is 0.712. The molecule has 1 saturated carbocycles. The summed E-state index contributed by atoms with van der Waals surface area (Å²) >= 11 is 0. The molecule has 0 radical (unpaired) electrons. The van der Waals surface area contributed by atoms with Gasteiger partial charge in [0.1, 0.15) is 0 Å². The summed E-state index contributed by atoms with van der Waals surface area (Å²) in [4.78, 5) is 18.8. The predicted octanol–water partition coefficient (Wildman–Crippen LogP) is 1.06. The zero-order valence-electron chi connectivity index (χ0n) is 9.15. The number of piperidine rings is 1. The zero-order valence-corrected chi connectivity index (χ0v) is 9.15. The van der Waals surface area contributed by atoms with E-state index in [-0.39, 0.29) is 6.04 Å². The minimum absolute atomic E-state index is 0.219. The highest BCUT2D eigenvalue weighted by molar-refractivity contribution is 5.80. The van der Waals surface area contributed by atoms with Gasteiger partial charge in [-0.2, -0.15) is 0 Å². The predicted molar refractivity (Wildman–Crippen MR) is 56.8 cm³/mol. The van der Waals surface area contributed by atoms with Crippen LogP contribution in [0.1, 0.15) is 38.5 Å². The Hall–Kier alpha value is -0.610. The summed E-state index contributed by atoms with van der Waals surface area (Å²) in [6.45, 7) is 1.38. The van der Waals surface area contributed by atoms with E-state index in [0.717, 1.165) is 32.2 Å². The molecule has 0 aromatic rings. The molecule has 2 aliphatic rings. The highest BCUT2D eigenvalue weighted by Crippen LogP contribution is 2.30. The van der Waals surface area contributed by atoms with Gasteiger partial charge in [-0.25, -0.2) is 5.90 Å². The number of nitrogens with two attached hydrogens (primary N) is 1. The summed E-state index contributed by atoms with van der Waals surface area (Å²) in [5, 5.41) is 0. The summed E-state index contributed by atoms with van der Waals surface area (Å²) in [5.41, 5.74) is 0. The van der Waals surface area contributed by atoms with Crippen LogP contribution in [0.15, 0.2) is 0 Å². The lowest BCUT2D eigenvalue weighted by atomic mass is 9.83. The molecule has 2 N–H and O–H groups in total. The van der Waals surface area contributed by atoms with Crippen LogP contribution < -0.4 is 5.90 Å². The van der Waals surface area contributed by atoms with Crippen LogP contribution in [0.3, 0.4) is 0 Å². The lowest BCUT2D eigenvalue weighted by Gasteiger charge is -2.39. The van der Waals surface area contributed by atoms with Gasteiger partial charge in [-0.3, -0.25) is 4.79 Å². The molecule has 1 saturated heterocycles. The van der Waals surface area contributed by atoms with Crippen molar-refractivity contribution in [2.24, 2.45) is 11.8 Å². The maximum absolute atomic E-state index is 12.1. The third-order valence-electron chi connectivity index (χ3n) is 3.65. The number of carbonyl (C=O) groups is 1. The Morgan fingerprint density at radius 3 is 2.67 bits per heavy atom. The van der Waals surface area contributed by atoms with E-state index in [1.165, 1.54) is 12.8 Å². The van der Waals surface area contributed by atoms with Gasteiger partial charge in [0.05, 0.1) is 12.6 Å². The van der Waals surface area contributed by atoms with Gasteiger partial charge in [0.25, 0.3) is 0 Å². The largest absolute Gasteiger partial charge is 0.337 e. The summed E-state index contributed by atoms with van der Waals surface area (Å²) in [7, 11) is 0. The van der Waals surface area contributed by atoms with Gasteiger partial charge >= 0.3 is 0 Å². The molecule has 15 heavy (non-hydrogen) atoms. The first-order valence-corrected chi connectivity index (χ1v) is 5.95. The Bertz CT molecular complexity index is 227. The van der Waals surface area contributed by atoms with E-state index < -0.39 is 0 Å². The van der Waals surface area contributed by atoms with E-state index in [1.807, 2.05) is 4.90 Å². The van der Waals surface area contributed by atoms with Crippen LogP contribution in [-0.4, -0.2) is 30.0 Å². The Balaban J connectivity index is 1.93. The number of likely N-dealkylation sites (tertiary alicyclic amines) is 1. The minimum atomic E-state index is 0.219. The smallest absolute Gasteiger partial charge is 0.226 e. The third kappa shape index (κ3) is 2.32. The molecule has 1 heterocycles. The Labute approximate surface area is 90.7 Å². The summed E-state index contributed by atoms with van der Waals surface area (Å²) in [5.74, 6) is 5.74. The van der Waals surface area contributed by atoms with Crippen molar-refractivity contribution in [3.8, 4) is 0 Å². The van der Waals surface area contributed by atoms with Crippen LogP contribution in [-0.2, 0) is 9.63 Å². The van der Waals surface area contributed by atoms with Crippen molar-refractivity contribution in [1.29, 1.82) is 0 Å². The summed E-state index contributed by atoms with van der Waals surface area (Å²) < 4.78 is 0. The van der Waals surface area contributed by atoms with E-state index in [9.17, 15) is 4.79 Å². The fraction of sp³-hybridized carbons (Fsp3) is 0.909. The second kappa shape index (κ2) is 4.94. The number of nitrogens with zero attached hydrogens (tertiary/aromatic N) is 1. The molecule has 4 heteroatoms. The molecule has 86 valence electrons. The Morgan fingerprint density at radius 2 is 2.07 bits per heavy atom. The van der Waals surface area contributed by atoms with Crippen molar-refractivity contribution in [2.45, 2.75) is 44.6 Å². The van der Waals surface area contributed by atoms with E-state index >= 15 is 0 Å². The molecule has 1 amide bonds. The average molecular weight is 212 g/mol. The average Bonchev–Trinajstić information content (AvgIpc) is 2.16. The Morgan fingerprint density at radius 1 is 1.27 bits per heavy atom. The van der Waals surface area contributed by atoms with E-state index in [1.54, 1.807) is 0 Å². The fourth-order valence-corrected chi connectivity index (χ4v) is 2.46. The van der Waals surface area contributed by atoms with Crippen LogP contribution in [0.5, 0.6) is 0 Å². The second-order valence-corrected chi connectivity index (χ2v) is 4.64. The minimum Gasteiger partial charge on any atom is -0.337 e. The zero-order chi connectivity index (χ0) is 10.7. The number of carbonyl (C=O) groups excluding carboxylic acids is 1. The van der Waals surface area contributed by atoms with Gasteiger partial charge in [-0.05, 0) is 32.1 Å². The number of hydrogen-bond acceptors (Lipinski definition) is 3. The SMILES string of the molecule is NOCC1CCCCN1C(=O)C1CCC1. The second-order valence-electron chi connectivity index (χ2n) is 4.64. The maximum atomic E-state index is 12.1. The van der Waals surface area contributed by atoms with Crippen molar-refractivity contribution in [3.05, 3.63) is 0 Å². The molecular formula is C11H20N2O2. The van der Waals surface area contributed by atoms with Crippen molar-refractivity contribution in [2.75, 3.05) is 13.2 Å². The summed E-state index contributed by atoms with van der Waals surface area (Å²) in [6.07, 6.45) is 6.71. The van der Waals surface area contributed by atoms with E-state index in [0.29, 0.717) is 18.4 Å². The monoisotopic (exact) mass is 212 g/mol. The maximum Gasteiger partial charge on any atom is 0.226 e. The van der Waals surface area contributed by atoms with Gasteiger partial charge in [0.15, 0.2) is 0 Å². The highest BCUT2D eigenvalue weighted by atomic mass is 16.6. The molecule has 2 fully saturated rings. The van der Waals surface area contributed by atoms with Crippen LogP contribution in [0.25, 0.3) is 0 Å². The van der Waals surface area contributed by atoms with Gasteiger partial charge in [-0.15, -0.1) is 0 Å².